The van der Waals surface area contributed by atoms with Crippen molar-refractivity contribution < 1.29 is 4.79 Å². The third kappa shape index (κ3) is 4.65. The Morgan fingerprint density at radius 2 is 1.65 bits per heavy atom. The molecule has 0 radical (unpaired) electrons. The number of carbonyl (C=O) groups is 1. The zero-order chi connectivity index (χ0) is 23.3. The van der Waals surface area contributed by atoms with Gasteiger partial charge in [0.25, 0.3) is 0 Å². The van der Waals surface area contributed by atoms with E-state index in [2.05, 4.69) is 14.9 Å². The molecule has 5 heteroatoms. The van der Waals surface area contributed by atoms with Crippen LogP contribution in [-0.2, 0) is 11.2 Å². The quantitative estimate of drug-likeness (QED) is 0.363. The topological polar surface area (TPSA) is 64.0 Å². The molecule has 0 atom stereocenters. The standard InChI is InChI=1S/C29H29N3O2/c33-26(21-10-4-1-5-11-21)17-16-22-19-30-20-25-27(34)18-28(31-23-12-6-2-7-13-23)32(29(22)25)24-14-8-3-9-15-24/h2-3,6-9,12-15,18-21,31H,1,4-5,10-11,16-17H2. The highest BCUT2D eigenvalue weighted by Gasteiger charge is 2.22. The fourth-order valence-corrected chi connectivity index (χ4v) is 5.00. The summed E-state index contributed by atoms with van der Waals surface area (Å²) in [5.74, 6) is 1.20. The van der Waals surface area contributed by atoms with Crippen molar-refractivity contribution in [1.29, 1.82) is 0 Å². The number of hydrogen-bond donors (Lipinski definition) is 1. The molecular formula is C29H29N3O2. The first-order valence-electron chi connectivity index (χ1n) is 12.1. The molecule has 1 aliphatic carbocycles. The summed E-state index contributed by atoms with van der Waals surface area (Å²) in [6, 6.07) is 21.4. The van der Waals surface area contributed by atoms with Crippen LogP contribution in [0.1, 0.15) is 44.1 Å². The third-order valence-electron chi connectivity index (χ3n) is 6.75. The number of ketones is 1. The summed E-state index contributed by atoms with van der Waals surface area (Å²) in [7, 11) is 0. The van der Waals surface area contributed by atoms with E-state index in [1.165, 1.54) is 6.42 Å². The molecule has 0 spiro atoms. The number of nitrogens with zero attached hydrogens (tertiary/aromatic N) is 2. The Morgan fingerprint density at radius 3 is 2.38 bits per heavy atom. The third-order valence-corrected chi connectivity index (χ3v) is 6.75. The number of hydrogen-bond acceptors (Lipinski definition) is 4. The van der Waals surface area contributed by atoms with Crippen LogP contribution in [0.15, 0.2) is 83.9 Å². The van der Waals surface area contributed by atoms with E-state index >= 15 is 0 Å². The Bertz CT molecular complexity index is 1340. The van der Waals surface area contributed by atoms with E-state index in [1.54, 1.807) is 12.3 Å². The molecule has 1 aliphatic rings. The van der Waals surface area contributed by atoms with Gasteiger partial charge in [-0.1, -0.05) is 55.7 Å². The summed E-state index contributed by atoms with van der Waals surface area (Å²) in [5, 5.41) is 3.98. The Morgan fingerprint density at radius 1 is 0.941 bits per heavy atom. The van der Waals surface area contributed by atoms with Crippen LogP contribution in [0.4, 0.5) is 11.5 Å². The number of pyridine rings is 2. The smallest absolute Gasteiger partial charge is 0.193 e. The minimum absolute atomic E-state index is 0.0893. The van der Waals surface area contributed by atoms with Gasteiger partial charge < -0.3 is 5.32 Å². The maximum absolute atomic E-state index is 13.2. The number of para-hydroxylation sites is 2. The first-order valence-corrected chi connectivity index (χ1v) is 12.1. The highest BCUT2D eigenvalue weighted by atomic mass is 16.1. The SMILES string of the molecule is O=C(CCc1cncc2c(=O)cc(Nc3ccccc3)n(-c3ccccc3)c12)C1CCCCC1. The molecule has 2 heterocycles. The number of carbonyl (C=O) groups excluding carboxylic acids is 1. The van der Waals surface area contributed by atoms with Crippen molar-refractivity contribution in [2.45, 2.75) is 44.9 Å². The lowest BCUT2D eigenvalue weighted by Gasteiger charge is -2.21. The fourth-order valence-electron chi connectivity index (χ4n) is 5.00. The summed E-state index contributed by atoms with van der Waals surface area (Å²) >= 11 is 0. The molecule has 34 heavy (non-hydrogen) atoms. The van der Waals surface area contributed by atoms with Crippen molar-refractivity contribution in [3.63, 3.8) is 0 Å². The monoisotopic (exact) mass is 451 g/mol. The number of rotatable bonds is 7. The molecule has 0 bridgehead atoms. The van der Waals surface area contributed by atoms with Crippen molar-refractivity contribution >= 4 is 28.2 Å². The van der Waals surface area contributed by atoms with Gasteiger partial charge in [0.1, 0.15) is 11.6 Å². The van der Waals surface area contributed by atoms with E-state index in [9.17, 15) is 9.59 Å². The number of fused-ring (bicyclic) bond motifs is 1. The first-order chi connectivity index (χ1) is 16.7. The largest absolute Gasteiger partial charge is 0.341 e. The molecule has 1 N–H and O–H groups in total. The van der Waals surface area contributed by atoms with Gasteiger partial charge in [0.2, 0.25) is 0 Å². The lowest BCUT2D eigenvalue weighted by molar-refractivity contribution is -0.123. The second kappa shape index (κ2) is 10.0. The summed E-state index contributed by atoms with van der Waals surface area (Å²) < 4.78 is 2.08. The fraction of sp³-hybridized carbons (Fsp3) is 0.276. The van der Waals surface area contributed by atoms with Gasteiger partial charge in [0, 0.05) is 42.2 Å². The lowest BCUT2D eigenvalue weighted by Crippen LogP contribution is -2.19. The minimum Gasteiger partial charge on any atom is -0.341 e. The van der Waals surface area contributed by atoms with E-state index in [4.69, 9.17) is 0 Å². The summed E-state index contributed by atoms with van der Waals surface area (Å²) in [4.78, 5) is 30.5. The molecule has 1 saturated carbocycles. The van der Waals surface area contributed by atoms with E-state index in [0.29, 0.717) is 29.8 Å². The molecule has 5 nitrogen and oxygen atoms in total. The Balaban J connectivity index is 1.60. The maximum atomic E-state index is 13.2. The summed E-state index contributed by atoms with van der Waals surface area (Å²) in [5.41, 5.74) is 3.47. The molecule has 0 aliphatic heterocycles. The first kappa shape index (κ1) is 22.1. The molecule has 2 aromatic carbocycles. The predicted octanol–water partition coefficient (Wildman–Crippen LogP) is 6.21. The highest BCUT2D eigenvalue weighted by Crippen LogP contribution is 2.29. The molecular weight excluding hydrogens is 422 g/mol. The Hall–Kier alpha value is -3.73. The average molecular weight is 452 g/mol. The molecule has 2 aromatic heterocycles. The lowest BCUT2D eigenvalue weighted by atomic mass is 9.84. The van der Waals surface area contributed by atoms with Crippen LogP contribution in [-0.4, -0.2) is 15.3 Å². The Labute approximate surface area is 199 Å². The highest BCUT2D eigenvalue weighted by molar-refractivity contribution is 5.87. The summed E-state index contributed by atoms with van der Waals surface area (Å²) in [6.07, 6.45) is 10.0. The molecule has 172 valence electrons. The number of Topliss-reactive ketones (excluding diaryl/α,β-unsaturated/α-hetero) is 1. The number of benzene rings is 2. The van der Waals surface area contributed by atoms with E-state index < -0.39 is 0 Å². The molecule has 4 aromatic rings. The zero-order valence-corrected chi connectivity index (χ0v) is 19.2. The molecule has 1 fully saturated rings. The van der Waals surface area contributed by atoms with E-state index in [0.717, 1.165) is 48.1 Å². The van der Waals surface area contributed by atoms with Gasteiger partial charge in [0.05, 0.1) is 10.9 Å². The van der Waals surface area contributed by atoms with Crippen molar-refractivity contribution in [3.8, 4) is 5.69 Å². The van der Waals surface area contributed by atoms with Crippen LogP contribution < -0.4 is 10.7 Å². The van der Waals surface area contributed by atoms with Crippen molar-refractivity contribution in [2.75, 3.05) is 5.32 Å². The molecule has 0 amide bonds. The average Bonchev–Trinajstić information content (AvgIpc) is 2.89. The Kier molecular flexibility index (Phi) is 6.52. The summed E-state index contributed by atoms with van der Waals surface area (Å²) in [6.45, 7) is 0. The normalized spacial score (nSPS) is 14.2. The predicted molar refractivity (Wildman–Crippen MR) is 137 cm³/mol. The molecule has 0 unspecified atom stereocenters. The van der Waals surface area contributed by atoms with Gasteiger partial charge in [-0.25, -0.2) is 0 Å². The van der Waals surface area contributed by atoms with Gasteiger partial charge in [-0.15, -0.1) is 0 Å². The van der Waals surface area contributed by atoms with Crippen molar-refractivity contribution in [3.05, 3.63) is 94.9 Å². The zero-order valence-electron chi connectivity index (χ0n) is 19.2. The number of aromatic nitrogens is 2. The van der Waals surface area contributed by atoms with E-state index in [-0.39, 0.29) is 11.3 Å². The van der Waals surface area contributed by atoms with Crippen molar-refractivity contribution in [1.82, 2.24) is 9.55 Å². The second-order valence-electron chi connectivity index (χ2n) is 9.05. The van der Waals surface area contributed by atoms with Crippen LogP contribution in [0.25, 0.3) is 16.6 Å². The van der Waals surface area contributed by atoms with Crippen LogP contribution in [0, 0.1) is 5.92 Å². The van der Waals surface area contributed by atoms with Crippen LogP contribution in [0.5, 0.6) is 0 Å². The number of aryl methyl sites for hydroxylation is 1. The molecule has 0 saturated heterocycles. The van der Waals surface area contributed by atoms with Gasteiger partial charge in [0.15, 0.2) is 5.43 Å². The molecule has 5 rings (SSSR count). The van der Waals surface area contributed by atoms with Crippen LogP contribution in [0.2, 0.25) is 0 Å². The van der Waals surface area contributed by atoms with Gasteiger partial charge in [-0.3, -0.25) is 19.1 Å². The maximum Gasteiger partial charge on any atom is 0.193 e. The minimum atomic E-state index is -0.0893. The van der Waals surface area contributed by atoms with Gasteiger partial charge >= 0.3 is 0 Å². The van der Waals surface area contributed by atoms with Gasteiger partial charge in [-0.2, -0.15) is 0 Å². The van der Waals surface area contributed by atoms with Crippen LogP contribution in [0.3, 0.4) is 0 Å². The second-order valence-corrected chi connectivity index (χ2v) is 9.05. The van der Waals surface area contributed by atoms with Crippen LogP contribution >= 0.6 is 0 Å². The number of anilines is 2. The van der Waals surface area contributed by atoms with Gasteiger partial charge in [-0.05, 0) is 49.1 Å². The number of nitrogens with one attached hydrogen (secondary N) is 1. The van der Waals surface area contributed by atoms with Crippen molar-refractivity contribution in [2.24, 2.45) is 5.92 Å². The van der Waals surface area contributed by atoms with E-state index in [1.807, 2.05) is 66.9 Å².